The summed E-state index contributed by atoms with van der Waals surface area (Å²) in [6, 6.07) is 6.09. The topological polar surface area (TPSA) is 37.8 Å². The molecule has 0 aliphatic carbocycles. The highest BCUT2D eigenvalue weighted by atomic mass is 16.6. The van der Waals surface area contributed by atoms with Gasteiger partial charge < -0.3 is 14.4 Å². The van der Waals surface area contributed by atoms with Crippen molar-refractivity contribution in [2.24, 2.45) is 0 Å². The van der Waals surface area contributed by atoms with Crippen molar-refractivity contribution in [3.63, 3.8) is 0 Å². The summed E-state index contributed by atoms with van der Waals surface area (Å²) in [6.45, 7) is 5.23. The summed E-state index contributed by atoms with van der Waals surface area (Å²) in [6.07, 6.45) is 4.40. The molecule has 2 fully saturated rings. The largest absolute Gasteiger partial charge is 0.377 e. The summed E-state index contributed by atoms with van der Waals surface area (Å²) < 4.78 is 12.3. The molecule has 2 aliphatic heterocycles. The summed E-state index contributed by atoms with van der Waals surface area (Å²) in [5.74, 6) is 0. The van der Waals surface area contributed by atoms with E-state index >= 15 is 0 Å². The van der Waals surface area contributed by atoms with E-state index in [1.807, 2.05) is 18.3 Å². The van der Waals surface area contributed by atoms with Gasteiger partial charge in [-0.1, -0.05) is 6.07 Å². The number of ether oxygens (including phenoxy) is 2. The molecule has 1 aromatic rings. The SMILES string of the molecule is CN(C)C[C@H]1CC[C@@]2(COCCN(Cc3ccccn3)C2)O1. The maximum absolute atomic E-state index is 6.42. The molecule has 1 spiro atoms. The number of hydrogen-bond acceptors (Lipinski definition) is 5. The number of rotatable bonds is 4. The van der Waals surface area contributed by atoms with Crippen LogP contribution in [0, 0.1) is 0 Å². The van der Waals surface area contributed by atoms with Gasteiger partial charge in [0.1, 0.15) is 5.60 Å². The van der Waals surface area contributed by atoms with E-state index in [2.05, 4.69) is 34.9 Å². The van der Waals surface area contributed by atoms with Crippen molar-refractivity contribution >= 4 is 0 Å². The Morgan fingerprint density at radius 3 is 3.09 bits per heavy atom. The van der Waals surface area contributed by atoms with Crippen molar-refractivity contribution in [2.75, 3.05) is 46.9 Å². The molecule has 0 bridgehead atoms. The van der Waals surface area contributed by atoms with Crippen molar-refractivity contribution in [2.45, 2.75) is 31.1 Å². The van der Waals surface area contributed by atoms with Crippen LogP contribution in [0.1, 0.15) is 18.5 Å². The third kappa shape index (κ3) is 4.04. The van der Waals surface area contributed by atoms with Crippen LogP contribution in [0.3, 0.4) is 0 Å². The van der Waals surface area contributed by atoms with E-state index < -0.39 is 0 Å². The molecule has 0 amide bonds. The molecule has 0 saturated carbocycles. The molecule has 1 aromatic heterocycles. The second kappa shape index (κ2) is 7.04. The van der Waals surface area contributed by atoms with Crippen molar-refractivity contribution in [1.82, 2.24) is 14.8 Å². The Morgan fingerprint density at radius 1 is 1.41 bits per heavy atom. The lowest BCUT2D eigenvalue weighted by Gasteiger charge is -2.32. The van der Waals surface area contributed by atoms with Crippen LogP contribution in [-0.4, -0.2) is 73.4 Å². The van der Waals surface area contributed by atoms with Crippen LogP contribution >= 0.6 is 0 Å². The zero-order valence-corrected chi connectivity index (χ0v) is 13.7. The molecule has 5 nitrogen and oxygen atoms in total. The molecule has 0 N–H and O–H groups in total. The third-order valence-corrected chi connectivity index (χ3v) is 4.45. The van der Waals surface area contributed by atoms with Gasteiger partial charge in [-0.05, 0) is 39.1 Å². The Morgan fingerprint density at radius 2 is 2.32 bits per heavy atom. The second-order valence-corrected chi connectivity index (χ2v) is 6.81. The van der Waals surface area contributed by atoms with Crippen LogP contribution in [0.2, 0.25) is 0 Å². The van der Waals surface area contributed by atoms with E-state index in [4.69, 9.17) is 9.47 Å². The van der Waals surface area contributed by atoms with Gasteiger partial charge in [-0.15, -0.1) is 0 Å². The fraction of sp³-hybridized carbons (Fsp3) is 0.706. The summed E-state index contributed by atoms with van der Waals surface area (Å²) in [4.78, 5) is 9.07. The van der Waals surface area contributed by atoms with Gasteiger partial charge in [0.05, 0.1) is 25.0 Å². The number of aromatic nitrogens is 1. The Hall–Kier alpha value is -1.01. The van der Waals surface area contributed by atoms with E-state index in [-0.39, 0.29) is 5.60 Å². The maximum atomic E-state index is 6.42. The molecule has 0 unspecified atom stereocenters. The van der Waals surface area contributed by atoms with E-state index in [1.165, 1.54) is 0 Å². The second-order valence-electron chi connectivity index (χ2n) is 6.81. The smallest absolute Gasteiger partial charge is 0.105 e. The highest BCUT2D eigenvalue weighted by Crippen LogP contribution is 2.33. The van der Waals surface area contributed by atoms with Gasteiger partial charge in [-0.2, -0.15) is 0 Å². The summed E-state index contributed by atoms with van der Waals surface area (Å²) in [7, 11) is 4.21. The highest BCUT2D eigenvalue weighted by Gasteiger charge is 2.43. The summed E-state index contributed by atoms with van der Waals surface area (Å²) in [5.41, 5.74) is 0.980. The Labute approximate surface area is 133 Å². The molecule has 22 heavy (non-hydrogen) atoms. The van der Waals surface area contributed by atoms with Gasteiger partial charge in [-0.25, -0.2) is 0 Å². The number of likely N-dealkylation sites (N-methyl/N-ethyl adjacent to an activating group) is 1. The summed E-state index contributed by atoms with van der Waals surface area (Å²) >= 11 is 0. The zero-order chi connectivity index (χ0) is 15.4. The lowest BCUT2D eigenvalue weighted by Crippen LogP contribution is -2.45. The van der Waals surface area contributed by atoms with E-state index in [0.29, 0.717) is 6.10 Å². The Bertz CT molecular complexity index is 468. The number of nitrogens with zero attached hydrogens (tertiary/aromatic N) is 3. The summed E-state index contributed by atoms with van der Waals surface area (Å²) in [5, 5.41) is 0. The average molecular weight is 305 g/mol. The normalized spacial score (nSPS) is 30.0. The number of hydrogen-bond donors (Lipinski definition) is 0. The van der Waals surface area contributed by atoms with Gasteiger partial charge >= 0.3 is 0 Å². The zero-order valence-electron chi connectivity index (χ0n) is 13.7. The van der Waals surface area contributed by atoms with Gasteiger partial charge in [0, 0.05) is 32.4 Å². The Balaban J connectivity index is 1.63. The fourth-order valence-corrected chi connectivity index (χ4v) is 3.49. The number of pyridine rings is 1. The molecule has 2 atom stereocenters. The van der Waals surface area contributed by atoms with Crippen molar-refractivity contribution in [3.05, 3.63) is 30.1 Å². The van der Waals surface area contributed by atoms with Crippen LogP contribution < -0.4 is 0 Å². The molecule has 122 valence electrons. The quantitative estimate of drug-likeness (QED) is 0.840. The maximum Gasteiger partial charge on any atom is 0.105 e. The van der Waals surface area contributed by atoms with Gasteiger partial charge in [-0.3, -0.25) is 9.88 Å². The predicted octanol–water partition coefficient (Wildman–Crippen LogP) is 1.39. The van der Waals surface area contributed by atoms with Gasteiger partial charge in [0.2, 0.25) is 0 Å². The fourth-order valence-electron chi connectivity index (χ4n) is 3.49. The van der Waals surface area contributed by atoms with Crippen LogP contribution in [0.25, 0.3) is 0 Å². The molecule has 5 heteroatoms. The minimum absolute atomic E-state index is 0.133. The van der Waals surface area contributed by atoms with Crippen LogP contribution in [-0.2, 0) is 16.0 Å². The van der Waals surface area contributed by atoms with Crippen molar-refractivity contribution in [3.8, 4) is 0 Å². The highest BCUT2D eigenvalue weighted by molar-refractivity contribution is 5.04. The van der Waals surface area contributed by atoms with Crippen LogP contribution in [0.4, 0.5) is 0 Å². The first kappa shape index (κ1) is 15.9. The monoisotopic (exact) mass is 305 g/mol. The molecule has 3 rings (SSSR count). The average Bonchev–Trinajstić information content (AvgIpc) is 2.75. The first-order valence-electron chi connectivity index (χ1n) is 8.18. The van der Waals surface area contributed by atoms with E-state index in [9.17, 15) is 0 Å². The molecular weight excluding hydrogens is 278 g/mol. The molecule has 2 saturated heterocycles. The molecule has 0 radical (unpaired) electrons. The predicted molar refractivity (Wildman–Crippen MR) is 85.7 cm³/mol. The minimum Gasteiger partial charge on any atom is -0.377 e. The van der Waals surface area contributed by atoms with Gasteiger partial charge in [0.15, 0.2) is 0 Å². The van der Waals surface area contributed by atoms with Crippen LogP contribution in [0.15, 0.2) is 24.4 Å². The lowest BCUT2D eigenvalue weighted by molar-refractivity contribution is -0.0902. The standard InChI is InChI=1S/C17H27N3O2/c1-19(2)12-16-6-7-17(22-16)13-20(9-10-21-14-17)11-15-5-3-4-8-18-15/h3-5,8,16H,6-7,9-14H2,1-2H3/t16-,17-/m1/s1. The third-order valence-electron chi connectivity index (χ3n) is 4.45. The van der Waals surface area contributed by atoms with Crippen LogP contribution in [0.5, 0.6) is 0 Å². The minimum atomic E-state index is -0.133. The van der Waals surface area contributed by atoms with Crippen molar-refractivity contribution < 1.29 is 9.47 Å². The molecule has 0 aromatic carbocycles. The first-order chi connectivity index (χ1) is 10.7. The van der Waals surface area contributed by atoms with Gasteiger partial charge in [0.25, 0.3) is 0 Å². The first-order valence-corrected chi connectivity index (χ1v) is 8.18. The van der Waals surface area contributed by atoms with E-state index in [1.54, 1.807) is 0 Å². The Kier molecular flexibility index (Phi) is 5.08. The molecule has 2 aliphatic rings. The molecule has 3 heterocycles. The van der Waals surface area contributed by atoms with E-state index in [0.717, 1.165) is 57.9 Å². The molecular formula is C17H27N3O2. The van der Waals surface area contributed by atoms with Crippen molar-refractivity contribution in [1.29, 1.82) is 0 Å². The lowest BCUT2D eigenvalue weighted by atomic mass is 10.00.